The Morgan fingerprint density at radius 2 is 1.76 bits per heavy atom. The lowest BCUT2D eigenvalue weighted by Crippen LogP contribution is -2.41. The van der Waals surface area contributed by atoms with Gasteiger partial charge in [-0.3, -0.25) is 14.7 Å². The van der Waals surface area contributed by atoms with Crippen molar-refractivity contribution >= 4 is 11.5 Å². The first-order valence-electron chi connectivity index (χ1n) is 12.2. The highest BCUT2D eigenvalue weighted by molar-refractivity contribution is 5.98. The van der Waals surface area contributed by atoms with Gasteiger partial charge in [-0.2, -0.15) is 0 Å². The molecule has 1 fully saturated rings. The SMILES string of the molecule is CCCCONC(=NC)c1ccc(NCc2ccc(CN3CCC(O)CC3C)cc2)cc1.CO. The van der Waals surface area contributed by atoms with Gasteiger partial charge in [0.05, 0.1) is 12.7 Å². The molecule has 0 radical (unpaired) electrons. The summed E-state index contributed by atoms with van der Waals surface area (Å²) in [6.45, 7) is 7.71. The lowest BCUT2D eigenvalue weighted by molar-refractivity contribution is 0.0442. The van der Waals surface area contributed by atoms with Crippen molar-refractivity contribution in [2.24, 2.45) is 4.99 Å². The Morgan fingerprint density at radius 3 is 2.38 bits per heavy atom. The predicted molar refractivity (Wildman–Crippen MR) is 140 cm³/mol. The van der Waals surface area contributed by atoms with Crippen LogP contribution in [0.5, 0.6) is 0 Å². The number of hydrogen-bond acceptors (Lipinski definition) is 6. The molecule has 0 amide bonds. The van der Waals surface area contributed by atoms with E-state index in [9.17, 15) is 5.11 Å². The van der Waals surface area contributed by atoms with Crippen LogP contribution in [-0.4, -0.2) is 60.4 Å². The van der Waals surface area contributed by atoms with Crippen LogP contribution in [0.2, 0.25) is 0 Å². The second-order valence-electron chi connectivity index (χ2n) is 8.62. The third kappa shape index (κ3) is 9.06. The Balaban J connectivity index is 0.00000199. The van der Waals surface area contributed by atoms with Gasteiger partial charge < -0.3 is 15.5 Å². The summed E-state index contributed by atoms with van der Waals surface area (Å²) >= 11 is 0. The van der Waals surface area contributed by atoms with Crippen molar-refractivity contribution in [1.29, 1.82) is 0 Å². The van der Waals surface area contributed by atoms with E-state index in [4.69, 9.17) is 9.94 Å². The maximum absolute atomic E-state index is 9.81. The van der Waals surface area contributed by atoms with Gasteiger partial charge >= 0.3 is 0 Å². The Kier molecular flexibility index (Phi) is 12.6. The smallest absolute Gasteiger partial charge is 0.152 e. The molecule has 0 bridgehead atoms. The van der Waals surface area contributed by atoms with Crippen LogP contribution in [0.25, 0.3) is 0 Å². The monoisotopic (exact) mass is 470 g/mol. The molecular weight excluding hydrogens is 428 g/mol. The van der Waals surface area contributed by atoms with Crippen LogP contribution in [0.1, 0.15) is 56.2 Å². The third-order valence-electron chi connectivity index (χ3n) is 6.04. The highest BCUT2D eigenvalue weighted by atomic mass is 16.6. The highest BCUT2D eigenvalue weighted by Gasteiger charge is 2.23. The van der Waals surface area contributed by atoms with Gasteiger partial charge in [0.1, 0.15) is 0 Å². The fraction of sp³-hybridized carbons (Fsp3) is 0.519. The fourth-order valence-corrected chi connectivity index (χ4v) is 3.95. The molecule has 0 spiro atoms. The molecular formula is C27H42N4O3. The van der Waals surface area contributed by atoms with Crippen molar-refractivity contribution in [1.82, 2.24) is 10.4 Å². The number of benzene rings is 2. The minimum atomic E-state index is -0.139. The van der Waals surface area contributed by atoms with Crippen molar-refractivity contribution in [3.05, 3.63) is 65.2 Å². The first-order chi connectivity index (χ1) is 16.6. The van der Waals surface area contributed by atoms with E-state index < -0.39 is 0 Å². The van der Waals surface area contributed by atoms with Crippen LogP contribution in [-0.2, 0) is 17.9 Å². The van der Waals surface area contributed by atoms with Crippen molar-refractivity contribution < 1.29 is 15.1 Å². The molecule has 0 saturated carbocycles. The molecule has 0 aliphatic carbocycles. The zero-order valence-electron chi connectivity index (χ0n) is 21.1. The second kappa shape index (κ2) is 15.5. The number of likely N-dealkylation sites (tertiary alicyclic amines) is 1. The lowest BCUT2D eigenvalue weighted by atomic mass is 10.00. The number of aliphatic hydroxyl groups excluding tert-OH is 2. The van der Waals surface area contributed by atoms with E-state index in [0.717, 1.165) is 69.5 Å². The van der Waals surface area contributed by atoms with Crippen molar-refractivity contribution in [3.8, 4) is 0 Å². The molecule has 188 valence electrons. The summed E-state index contributed by atoms with van der Waals surface area (Å²) in [6.07, 6.45) is 3.73. The molecule has 0 aromatic heterocycles. The molecule has 2 aromatic carbocycles. The van der Waals surface area contributed by atoms with E-state index in [2.05, 4.69) is 70.9 Å². The maximum Gasteiger partial charge on any atom is 0.152 e. The summed E-state index contributed by atoms with van der Waals surface area (Å²) in [5.41, 5.74) is 7.59. The number of piperidine rings is 1. The van der Waals surface area contributed by atoms with Crippen LogP contribution in [0.15, 0.2) is 53.5 Å². The van der Waals surface area contributed by atoms with E-state index in [1.165, 1.54) is 11.1 Å². The number of nitrogens with one attached hydrogen (secondary N) is 2. The van der Waals surface area contributed by atoms with Gasteiger partial charge in [0, 0.05) is 51.1 Å². The Labute approximate surface area is 204 Å². The molecule has 1 saturated heterocycles. The standard InChI is InChI=1S/C26H38N4O2.CH4O/c1-4-5-16-32-29-26(27-3)23-10-12-24(13-11-23)28-18-21-6-8-22(9-7-21)19-30-15-14-25(31)17-20(30)2;1-2/h6-13,20,25,28,31H,4-5,14-19H2,1-3H3,(H,27,29);2H,1H3. The zero-order valence-corrected chi connectivity index (χ0v) is 21.1. The molecule has 2 aromatic rings. The number of hydrogen-bond donors (Lipinski definition) is 4. The van der Waals surface area contributed by atoms with E-state index in [1.54, 1.807) is 7.05 Å². The number of nitrogens with zero attached hydrogens (tertiary/aromatic N) is 2. The molecule has 1 aliphatic heterocycles. The molecule has 7 nitrogen and oxygen atoms in total. The summed E-state index contributed by atoms with van der Waals surface area (Å²) in [6, 6.07) is 17.5. The van der Waals surface area contributed by atoms with E-state index in [0.29, 0.717) is 12.6 Å². The first kappa shape index (κ1) is 27.8. The number of rotatable bonds is 10. The van der Waals surface area contributed by atoms with Gasteiger partial charge in [0.2, 0.25) is 0 Å². The zero-order chi connectivity index (χ0) is 24.8. The molecule has 2 atom stereocenters. The minimum absolute atomic E-state index is 0.139. The molecule has 1 heterocycles. The Morgan fingerprint density at radius 1 is 1.09 bits per heavy atom. The van der Waals surface area contributed by atoms with Gasteiger partial charge in [-0.05, 0) is 61.6 Å². The Bertz CT molecular complexity index is 840. The van der Waals surface area contributed by atoms with Crippen LogP contribution in [0, 0.1) is 0 Å². The molecule has 7 heteroatoms. The first-order valence-corrected chi connectivity index (χ1v) is 12.2. The lowest BCUT2D eigenvalue weighted by Gasteiger charge is -2.35. The van der Waals surface area contributed by atoms with Gasteiger partial charge in [-0.1, -0.05) is 37.6 Å². The molecule has 34 heavy (non-hydrogen) atoms. The summed E-state index contributed by atoms with van der Waals surface area (Å²) in [7, 11) is 2.76. The number of anilines is 1. The Hall–Kier alpha value is -2.45. The summed E-state index contributed by atoms with van der Waals surface area (Å²) < 4.78 is 0. The van der Waals surface area contributed by atoms with Crippen molar-refractivity contribution in [2.75, 3.05) is 32.6 Å². The van der Waals surface area contributed by atoms with Gasteiger partial charge in [-0.15, -0.1) is 0 Å². The van der Waals surface area contributed by atoms with Crippen LogP contribution < -0.4 is 10.8 Å². The van der Waals surface area contributed by atoms with Crippen LogP contribution in [0.4, 0.5) is 5.69 Å². The summed E-state index contributed by atoms with van der Waals surface area (Å²) in [5.74, 6) is 0.737. The summed E-state index contributed by atoms with van der Waals surface area (Å²) in [5, 5.41) is 20.3. The number of aliphatic hydroxyl groups is 2. The summed E-state index contributed by atoms with van der Waals surface area (Å²) in [4.78, 5) is 12.2. The van der Waals surface area contributed by atoms with Gasteiger partial charge in [-0.25, -0.2) is 5.48 Å². The molecule has 1 aliphatic rings. The topological polar surface area (TPSA) is 89.4 Å². The quantitative estimate of drug-likeness (QED) is 0.182. The van der Waals surface area contributed by atoms with E-state index in [-0.39, 0.29) is 6.10 Å². The third-order valence-corrected chi connectivity index (χ3v) is 6.04. The average Bonchev–Trinajstić information content (AvgIpc) is 2.87. The normalized spacial score (nSPS) is 18.7. The average molecular weight is 471 g/mol. The maximum atomic E-state index is 9.81. The number of hydroxylamine groups is 1. The van der Waals surface area contributed by atoms with E-state index >= 15 is 0 Å². The number of unbranched alkanes of at least 4 members (excludes halogenated alkanes) is 1. The van der Waals surface area contributed by atoms with Crippen LogP contribution >= 0.6 is 0 Å². The van der Waals surface area contributed by atoms with Crippen molar-refractivity contribution in [2.45, 2.75) is 64.8 Å². The molecule has 2 unspecified atom stereocenters. The van der Waals surface area contributed by atoms with Crippen LogP contribution in [0.3, 0.4) is 0 Å². The van der Waals surface area contributed by atoms with Crippen molar-refractivity contribution in [3.63, 3.8) is 0 Å². The van der Waals surface area contributed by atoms with Gasteiger partial charge in [0.15, 0.2) is 5.84 Å². The predicted octanol–water partition coefficient (Wildman–Crippen LogP) is 3.95. The number of amidine groups is 1. The van der Waals surface area contributed by atoms with E-state index in [1.807, 2.05) is 12.1 Å². The molecule has 4 N–H and O–H groups in total. The van der Waals surface area contributed by atoms with Gasteiger partial charge in [0.25, 0.3) is 0 Å². The molecule has 3 rings (SSSR count). The second-order valence-corrected chi connectivity index (χ2v) is 8.62. The fourth-order valence-electron chi connectivity index (χ4n) is 3.95. The largest absolute Gasteiger partial charge is 0.400 e. The highest BCUT2D eigenvalue weighted by Crippen LogP contribution is 2.20. The number of aliphatic imine (C=N–C) groups is 1. The minimum Gasteiger partial charge on any atom is -0.400 e.